The first kappa shape index (κ1) is 16.3. The van der Waals surface area contributed by atoms with Gasteiger partial charge < -0.3 is 10.1 Å². The van der Waals surface area contributed by atoms with E-state index in [-0.39, 0.29) is 30.6 Å². The van der Waals surface area contributed by atoms with E-state index in [1.54, 1.807) is 6.07 Å². The summed E-state index contributed by atoms with van der Waals surface area (Å²) in [6, 6.07) is 5.74. The molecule has 2 aliphatic rings. The number of amides is 1. The van der Waals surface area contributed by atoms with E-state index in [0.29, 0.717) is 13.2 Å². The van der Waals surface area contributed by atoms with Crippen LogP contribution in [0.3, 0.4) is 0 Å². The maximum absolute atomic E-state index is 13.1. The molecule has 1 heterocycles. The van der Waals surface area contributed by atoms with Crippen LogP contribution in [0, 0.1) is 0 Å². The molecule has 1 aromatic rings. The summed E-state index contributed by atoms with van der Waals surface area (Å²) in [4.78, 5) is 13.7. The van der Waals surface area contributed by atoms with Crippen molar-refractivity contribution in [1.29, 1.82) is 0 Å². The van der Waals surface area contributed by atoms with E-state index < -0.39 is 17.8 Å². The quantitative estimate of drug-likeness (QED) is 0.922. The van der Waals surface area contributed by atoms with Gasteiger partial charge in [0.15, 0.2) is 0 Å². The van der Waals surface area contributed by atoms with Crippen LogP contribution >= 0.6 is 0 Å². The van der Waals surface area contributed by atoms with Crippen molar-refractivity contribution in [3.8, 4) is 0 Å². The maximum Gasteiger partial charge on any atom is 0.416 e. The zero-order valence-electron chi connectivity index (χ0n) is 12.6. The van der Waals surface area contributed by atoms with E-state index in [0.717, 1.165) is 18.9 Å². The van der Waals surface area contributed by atoms with Gasteiger partial charge in [-0.05, 0) is 24.5 Å². The van der Waals surface area contributed by atoms with E-state index in [4.69, 9.17) is 4.74 Å². The minimum Gasteiger partial charge on any atom is -0.371 e. The standard InChI is InChI=1S/C16H19F3N2O2/c17-16(18,19)13-4-2-1-3-12(13)14-9-21(7-8-23-14)10-15(22)20-11-5-6-11/h1-4,11,14H,5-10H2,(H,20,22)/t14-/m1/s1. The molecule has 1 amide bonds. The molecule has 1 N–H and O–H groups in total. The average Bonchev–Trinajstić information content (AvgIpc) is 3.30. The van der Waals surface area contributed by atoms with Crippen LogP contribution in [-0.2, 0) is 15.7 Å². The number of nitrogens with zero attached hydrogens (tertiary/aromatic N) is 1. The summed E-state index contributed by atoms with van der Waals surface area (Å²) in [5.74, 6) is -0.0720. The Balaban J connectivity index is 1.67. The number of carbonyl (C=O) groups is 1. The number of rotatable bonds is 4. The number of ether oxygens (including phenoxy) is 1. The second kappa shape index (κ2) is 6.49. The van der Waals surface area contributed by atoms with Crippen molar-refractivity contribution in [2.75, 3.05) is 26.2 Å². The van der Waals surface area contributed by atoms with Gasteiger partial charge in [0.25, 0.3) is 0 Å². The highest BCUT2D eigenvalue weighted by atomic mass is 19.4. The Bertz CT molecular complexity index is 573. The number of nitrogens with one attached hydrogen (secondary N) is 1. The third-order valence-corrected chi connectivity index (χ3v) is 4.07. The fourth-order valence-corrected chi connectivity index (χ4v) is 2.77. The predicted molar refractivity (Wildman–Crippen MR) is 77.7 cm³/mol. The van der Waals surface area contributed by atoms with Crippen LogP contribution < -0.4 is 5.32 Å². The monoisotopic (exact) mass is 328 g/mol. The highest BCUT2D eigenvalue weighted by molar-refractivity contribution is 5.78. The molecule has 1 aliphatic carbocycles. The lowest BCUT2D eigenvalue weighted by atomic mass is 10.0. The Morgan fingerprint density at radius 3 is 2.74 bits per heavy atom. The summed E-state index contributed by atoms with van der Waals surface area (Å²) in [6.07, 6.45) is -3.06. The molecule has 4 nitrogen and oxygen atoms in total. The molecule has 1 saturated carbocycles. The molecule has 3 rings (SSSR count). The fourth-order valence-electron chi connectivity index (χ4n) is 2.77. The van der Waals surface area contributed by atoms with Gasteiger partial charge in [0, 0.05) is 19.1 Å². The first-order valence-electron chi connectivity index (χ1n) is 7.73. The Kier molecular flexibility index (Phi) is 4.59. The topological polar surface area (TPSA) is 41.6 Å². The van der Waals surface area contributed by atoms with Gasteiger partial charge in [-0.3, -0.25) is 9.69 Å². The molecule has 1 aromatic carbocycles. The van der Waals surface area contributed by atoms with Crippen LogP contribution in [-0.4, -0.2) is 43.1 Å². The lowest BCUT2D eigenvalue weighted by molar-refractivity contribution is -0.141. The van der Waals surface area contributed by atoms with Gasteiger partial charge in [-0.25, -0.2) is 0 Å². The Morgan fingerprint density at radius 1 is 1.30 bits per heavy atom. The minimum atomic E-state index is -4.41. The molecule has 1 saturated heterocycles. The van der Waals surface area contributed by atoms with E-state index in [2.05, 4.69) is 5.32 Å². The second-order valence-corrected chi connectivity index (χ2v) is 6.02. The summed E-state index contributed by atoms with van der Waals surface area (Å²) in [5.41, 5.74) is -0.540. The minimum absolute atomic E-state index is 0.0720. The fraction of sp³-hybridized carbons (Fsp3) is 0.562. The van der Waals surface area contributed by atoms with E-state index in [9.17, 15) is 18.0 Å². The van der Waals surface area contributed by atoms with Crippen molar-refractivity contribution in [2.45, 2.75) is 31.2 Å². The molecule has 126 valence electrons. The molecular weight excluding hydrogens is 309 g/mol. The number of morpholine rings is 1. The third-order valence-electron chi connectivity index (χ3n) is 4.07. The van der Waals surface area contributed by atoms with E-state index in [1.807, 2.05) is 4.90 Å². The number of hydrogen-bond donors (Lipinski definition) is 1. The maximum atomic E-state index is 13.1. The summed E-state index contributed by atoms with van der Waals surface area (Å²) in [6.45, 7) is 1.34. The Hall–Kier alpha value is -1.60. The molecule has 23 heavy (non-hydrogen) atoms. The number of benzene rings is 1. The van der Waals surface area contributed by atoms with Gasteiger partial charge in [0.1, 0.15) is 0 Å². The molecule has 7 heteroatoms. The van der Waals surface area contributed by atoms with Crippen LogP contribution in [0.4, 0.5) is 13.2 Å². The predicted octanol–water partition coefficient (Wildman–Crippen LogP) is 2.36. The molecule has 0 aromatic heterocycles. The molecule has 0 radical (unpaired) electrons. The summed E-state index contributed by atoms with van der Waals surface area (Å²) in [5, 5.41) is 2.89. The normalized spacial score (nSPS) is 22.8. The number of alkyl halides is 3. The van der Waals surface area contributed by atoms with Crippen LogP contribution in [0.25, 0.3) is 0 Å². The van der Waals surface area contributed by atoms with Crippen LogP contribution in [0.1, 0.15) is 30.1 Å². The molecule has 1 aliphatic heterocycles. The number of halogens is 3. The number of carbonyl (C=O) groups excluding carboxylic acids is 1. The van der Waals surface area contributed by atoms with Gasteiger partial charge in [0.2, 0.25) is 5.91 Å². The van der Waals surface area contributed by atoms with Crippen LogP contribution in [0.5, 0.6) is 0 Å². The number of hydrogen-bond acceptors (Lipinski definition) is 3. The first-order chi connectivity index (χ1) is 10.9. The molecule has 1 atom stereocenters. The highest BCUT2D eigenvalue weighted by Gasteiger charge is 2.36. The van der Waals surface area contributed by atoms with E-state index >= 15 is 0 Å². The summed E-state index contributed by atoms with van der Waals surface area (Å²) in [7, 11) is 0. The van der Waals surface area contributed by atoms with Gasteiger partial charge in [0.05, 0.1) is 24.8 Å². The first-order valence-corrected chi connectivity index (χ1v) is 7.73. The average molecular weight is 328 g/mol. The van der Waals surface area contributed by atoms with Crippen molar-refractivity contribution in [2.24, 2.45) is 0 Å². The highest BCUT2D eigenvalue weighted by Crippen LogP contribution is 2.36. The molecule has 0 spiro atoms. The summed E-state index contributed by atoms with van der Waals surface area (Å²) < 4.78 is 44.9. The smallest absolute Gasteiger partial charge is 0.371 e. The molecule has 0 unspecified atom stereocenters. The Morgan fingerprint density at radius 2 is 2.04 bits per heavy atom. The van der Waals surface area contributed by atoms with Gasteiger partial charge >= 0.3 is 6.18 Å². The van der Waals surface area contributed by atoms with Crippen molar-refractivity contribution < 1.29 is 22.7 Å². The van der Waals surface area contributed by atoms with Crippen molar-refractivity contribution in [3.63, 3.8) is 0 Å². The summed E-state index contributed by atoms with van der Waals surface area (Å²) >= 11 is 0. The lowest BCUT2D eigenvalue weighted by Crippen LogP contribution is -2.44. The largest absolute Gasteiger partial charge is 0.416 e. The van der Waals surface area contributed by atoms with Crippen LogP contribution in [0.15, 0.2) is 24.3 Å². The van der Waals surface area contributed by atoms with Crippen molar-refractivity contribution in [3.05, 3.63) is 35.4 Å². The van der Waals surface area contributed by atoms with Gasteiger partial charge in [-0.2, -0.15) is 13.2 Å². The SMILES string of the molecule is O=C(CN1CCO[C@@H](c2ccccc2C(F)(F)F)C1)NC1CC1. The molecule has 0 bridgehead atoms. The zero-order chi connectivity index (χ0) is 16.4. The van der Waals surface area contributed by atoms with E-state index in [1.165, 1.54) is 12.1 Å². The van der Waals surface area contributed by atoms with Crippen molar-refractivity contribution >= 4 is 5.91 Å². The lowest BCUT2D eigenvalue weighted by Gasteiger charge is -2.33. The van der Waals surface area contributed by atoms with Crippen molar-refractivity contribution in [1.82, 2.24) is 10.2 Å². The third kappa shape index (κ3) is 4.23. The van der Waals surface area contributed by atoms with Crippen LogP contribution in [0.2, 0.25) is 0 Å². The Labute approximate surface area is 132 Å². The zero-order valence-corrected chi connectivity index (χ0v) is 12.6. The van der Waals surface area contributed by atoms with Gasteiger partial charge in [-0.15, -0.1) is 0 Å². The molecule has 2 fully saturated rings. The van der Waals surface area contributed by atoms with Gasteiger partial charge in [-0.1, -0.05) is 18.2 Å². The molecular formula is C16H19F3N2O2. The second-order valence-electron chi connectivity index (χ2n) is 6.02.